The standard InChI is InChI=1S/C15H18N2O3/c1-3-20-15(19)9-8-14(18)17(11-10-16)13-6-4-12(2)5-7-13/h4-7H,3,8-9,11H2,1-2H3. The van der Waals surface area contributed by atoms with Crippen LogP contribution in [0.4, 0.5) is 5.69 Å². The second-order valence-electron chi connectivity index (χ2n) is 4.28. The van der Waals surface area contributed by atoms with Gasteiger partial charge in [-0.3, -0.25) is 14.5 Å². The summed E-state index contributed by atoms with van der Waals surface area (Å²) in [6.07, 6.45) is 0.0643. The quantitative estimate of drug-likeness (QED) is 0.589. The van der Waals surface area contributed by atoms with Crippen molar-refractivity contribution in [3.05, 3.63) is 29.8 Å². The highest BCUT2D eigenvalue weighted by atomic mass is 16.5. The van der Waals surface area contributed by atoms with Gasteiger partial charge >= 0.3 is 5.97 Å². The second kappa shape index (κ2) is 7.95. The Morgan fingerprint density at radius 1 is 1.25 bits per heavy atom. The molecule has 106 valence electrons. The van der Waals surface area contributed by atoms with Crippen LogP contribution in [-0.2, 0) is 14.3 Å². The van der Waals surface area contributed by atoms with Gasteiger partial charge in [0.05, 0.1) is 19.1 Å². The molecule has 20 heavy (non-hydrogen) atoms. The third kappa shape index (κ3) is 4.73. The summed E-state index contributed by atoms with van der Waals surface area (Å²) in [5.41, 5.74) is 1.73. The van der Waals surface area contributed by atoms with Crippen molar-refractivity contribution in [3.8, 4) is 6.07 Å². The van der Waals surface area contributed by atoms with Crippen LogP contribution in [0.25, 0.3) is 0 Å². The number of amides is 1. The SMILES string of the molecule is CCOC(=O)CCC(=O)N(CC#N)c1ccc(C)cc1. The number of ether oxygens (including phenoxy) is 1. The Hall–Kier alpha value is -2.35. The Morgan fingerprint density at radius 2 is 1.90 bits per heavy atom. The molecule has 0 saturated carbocycles. The number of hydrogen-bond donors (Lipinski definition) is 0. The lowest BCUT2D eigenvalue weighted by molar-refractivity contribution is -0.144. The molecule has 1 amide bonds. The first kappa shape index (κ1) is 15.7. The van der Waals surface area contributed by atoms with E-state index in [-0.39, 0.29) is 25.3 Å². The zero-order valence-electron chi connectivity index (χ0n) is 11.8. The van der Waals surface area contributed by atoms with E-state index in [0.29, 0.717) is 12.3 Å². The molecular formula is C15H18N2O3. The minimum Gasteiger partial charge on any atom is -0.466 e. The first-order chi connectivity index (χ1) is 9.58. The summed E-state index contributed by atoms with van der Waals surface area (Å²) in [7, 11) is 0. The molecule has 0 radical (unpaired) electrons. The fourth-order valence-electron chi connectivity index (χ4n) is 1.70. The maximum absolute atomic E-state index is 12.1. The normalized spacial score (nSPS) is 9.65. The van der Waals surface area contributed by atoms with Gasteiger partial charge in [-0.05, 0) is 26.0 Å². The van der Waals surface area contributed by atoms with Gasteiger partial charge in [-0.2, -0.15) is 5.26 Å². The molecule has 0 aliphatic heterocycles. The monoisotopic (exact) mass is 274 g/mol. The third-order valence-corrected chi connectivity index (χ3v) is 2.72. The van der Waals surface area contributed by atoms with E-state index in [1.54, 1.807) is 19.1 Å². The summed E-state index contributed by atoms with van der Waals surface area (Å²) in [6, 6.07) is 9.28. The predicted octanol–water partition coefficient (Wildman–Crippen LogP) is 2.19. The summed E-state index contributed by atoms with van der Waals surface area (Å²) in [6.45, 7) is 3.92. The van der Waals surface area contributed by atoms with Crippen LogP contribution in [0.3, 0.4) is 0 Å². The summed E-state index contributed by atoms with van der Waals surface area (Å²) in [4.78, 5) is 24.7. The lowest BCUT2D eigenvalue weighted by atomic mass is 10.2. The molecule has 0 heterocycles. The Labute approximate surface area is 118 Å². The number of esters is 1. The van der Waals surface area contributed by atoms with Crippen LogP contribution in [0.2, 0.25) is 0 Å². The van der Waals surface area contributed by atoms with Gasteiger partial charge in [0.2, 0.25) is 5.91 Å². The van der Waals surface area contributed by atoms with Crippen molar-refractivity contribution in [2.75, 3.05) is 18.1 Å². The Morgan fingerprint density at radius 3 is 2.45 bits per heavy atom. The molecule has 0 fully saturated rings. The first-order valence-corrected chi connectivity index (χ1v) is 6.48. The summed E-state index contributed by atoms with van der Waals surface area (Å²) in [5.74, 6) is -0.662. The molecule has 0 aliphatic rings. The van der Waals surface area contributed by atoms with Crippen molar-refractivity contribution in [1.29, 1.82) is 5.26 Å². The zero-order valence-corrected chi connectivity index (χ0v) is 11.8. The van der Waals surface area contributed by atoms with Crippen molar-refractivity contribution >= 4 is 17.6 Å². The van der Waals surface area contributed by atoms with Gasteiger partial charge in [0.1, 0.15) is 6.54 Å². The van der Waals surface area contributed by atoms with Gasteiger partial charge in [-0.15, -0.1) is 0 Å². The molecule has 0 atom stereocenters. The van der Waals surface area contributed by atoms with Gasteiger partial charge in [0.15, 0.2) is 0 Å². The Balaban J connectivity index is 2.71. The topological polar surface area (TPSA) is 70.4 Å². The van der Waals surface area contributed by atoms with Crippen molar-refractivity contribution in [3.63, 3.8) is 0 Å². The lowest BCUT2D eigenvalue weighted by Crippen LogP contribution is -2.31. The van der Waals surface area contributed by atoms with E-state index >= 15 is 0 Å². The van der Waals surface area contributed by atoms with Crippen LogP contribution >= 0.6 is 0 Å². The Kier molecular flexibility index (Phi) is 6.24. The van der Waals surface area contributed by atoms with Crippen LogP contribution in [0.5, 0.6) is 0 Å². The number of benzene rings is 1. The average Bonchev–Trinajstić information content (AvgIpc) is 2.44. The molecule has 5 nitrogen and oxygen atoms in total. The molecule has 0 N–H and O–H groups in total. The number of nitrogens with zero attached hydrogens (tertiary/aromatic N) is 2. The van der Waals surface area contributed by atoms with Gasteiger partial charge < -0.3 is 4.74 Å². The highest BCUT2D eigenvalue weighted by Crippen LogP contribution is 2.16. The third-order valence-electron chi connectivity index (χ3n) is 2.72. The van der Waals surface area contributed by atoms with E-state index < -0.39 is 5.97 Å². The van der Waals surface area contributed by atoms with Crippen molar-refractivity contribution in [2.24, 2.45) is 0 Å². The van der Waals surface area contributed by atoms with E-state index in [2.05, 4.69) is 0 Å². The van der Waals surface area contributed by atoms with Crippen LogP contribution < -0.4 is 4.90 Å². The van der Waals surface area contributed by atoms with Crippen molar-refractivity contribution < 1.29 is 14.3 Å². The molecule has 0 saturated heterocycles. The van der Waals surface area contributed by atoms with Gasteiger partial charge in [-0.25, -0.2) is 0 Å². The van der Waals surface area contributed by atoms with Crippen molar-refractivity contribution in [1.82, 2.24) is 0 Å². The maximum Gasteiger partial charge on any atom is 0.306 e. The second-order valence-corrected chi connectivity index (χ2v) is 4.28. The number of rotatable bonds is 6. The van der Waals surface area contributed by atoms with Gasteiger partial charge in [-0.1, -0.05) is 17.7 Å². The number of carbonyl (C=O) groups is 2. The molecular weight excluding hydrogens is 256 g/mol. The summed E-state index contributed by atoms with van der Waals surface area (Å²) in [5, 5.41) is 8.83. The summed E-state index contributed by atoms with van der Waals surface area (Å²) >= 11 is 0. The zero-order chi connectivity index (χ0) is 15.0. The van der Waals surface area contributed by atoms with Crippen LogP contribution in [0.1, 0.15) is 25.3 Å². The van der Waals surface area contributed by atoms with E-state index in [1.165, 1.54) is 4.90 Å². The smallest absolute Gasteiger partial charge is 0.306 e. The molecule has 0 aromatic heterocycles. The number of nitriles is 1. The van der Waals surface area contributed by atoms with E-state index in [9.17, 15) is 9.59 Å². The van der Waals surface area contributed by atoms with Gasteiger partial charge in [0, 0.05) is 12.1 Å². The molecule has 1 aromatic rings. The highest BCUT2D eigenvalue weighted by molar-refractivity contribution is 5.95. The molecule has 0 spiro atoms. The molecule has 1 rings (SSSR count). The van der Waals surface area contributed by atoms with E-state index in [0.717, 1.165) is 5.56 Å². The van der Waals surface area contributed by atoms with Crippen LogP contribution in [-0.4, -0.2) is 25.0 Å². The van der Waals surface area contributed by atoms with E-state index in [1.807, 2.05) is 25.1 Å². The fourth-order valence-corrected chi connectivity index (χ4v) is 1.70. The number of anilines is 1. The van der Waals surface area contributed by atoms with Gasteiger partial charge in [0.25, 0.3) is 0 Å². The molecule has 1 aromatic carbocycles. The van der Waals surface area contributed by atoms with Crippen molar-refractivity contribution in [2.45, 2.75) is 26.7 Å². The number of hydrogen-bond acceptors (Lipinski definition) is 4. The minimum atomic E-state index is -0.401. The largest absolute Gasteiger partial charge is 0.466 e. The highest BCUT2D eigenvalue weighted by Gasteiger charge is 2.16. The summed E-state index contributed by atoms with van der Waals surface area (Å²) < 4.78 is 4.78. The molecule has 5 heteroatoms. The molecule has 0 unspecified atom stereocenters. The number of carbonyl (C=O) groups excluding carboxylic acids is 2. The van der Waals surface area contributed by atoms with E-state index in [4.69, 9.17) is 10.00 Å². The average molecular weight is 274 g/mol. The fraction of sp³-hybridized carbons (Fsp3) is 0.400. The predicted molar refractivity (Wildman–Crippen MR) is 75.0 cm³/mol. The minimum absolute atomic E-state index is 0.0282. The lowest BCUT2D eigenvalue weighted by Gasteiger charge is -2.19. The Bertz CT molecular complexity index is 503. The molecule has 0 bridgehead atoms. The van der Waals surface area contributed by atoms with Crippen LogP contribution in [0, 0.1) is 18.3 Å². The number of aryl methyl sites for hydroxylation is 1. The maximum atomic E-state index is 12.1. The molecule has 0 aliphatic carbocycles. The first-order valence-electron chi connectivity index (χ1n) is 6.48. The van der Waals surface area contributed by atoms with Crippen LogP contribution in [0.15, 0.2) is 24.3 Å².